The number of thiazole rings is 1. The van der Waals surface area contributed by atoms with Gasteiger partial charge in [0.25, 0.3) is 60.7 Å². The summed E-state index contributed by atoms with van der Waals surface area (Å²) < 4.78 is 217. The topological polar surface area (TPSA) is 527 Å². The highest BCUT2D eigenvalue weighted by molar-refractivity contribution is 7.87. The summed E-state index contributed by atoms with van der Waals surface area (Å²) in [5, 5.41) is 57.3. The fourth-order valence-corrected chi connectivity index (χ4v) is 11.5. The lowest BCUT2D eigenvalue weighted by molar-refractivity contribution is 0.0690. The third-order valence-electron chi connectivity index (χ3n) is 10.3. The van der Waals surface area contributed by atoms with Crippen molar-refractivity contribution in [3.05, 3.63) is 71.9 Å². The summed E-state index contributed by atoms with van der Waals surface area (Å²) in [4.78, 5) is 10.7. The van der Waals surface area contributed by atoms with Gasteiger partial charge in [-0.05, 0) is 74.4 Å². The van der Waals surface area contributed by atoms with Crippen molar-refractivity contribution in [2.24, 2.45) is 30.7 Å². The number of nitrogens with zero attached hydrogens (tertiary/aromatic N) is 9. The molecule has 7 aromatic rings. The number of aromatic carboxylic acids is 1. The molecule has 2 heterocycles. The number of phenols is 1. The van der Waals surface area contributed by atoms with Gasteiger partial charge in [-0.15, -0.1) is 30.7 Å². The molecule has 0 aliphatic heterocycles. The minimum absolute atomic E-state index is 0.0115. The third kappa shape index (κ3) is 13.3. The largest absolute Gasteiger partial charge is 0.505 e. The quantitative estimate of drug-likeness (QED) is 0.0221. The molecule has 0 aliphatic carbocycles. The third-order valence-corrected chi connectivity index (χ3v) is 16.4. The Morgan fingerprint density at radius 3 is 1.81 bits per heavy atom. The SMILES string of the molecule is CCOc1cc2sc(N=Nc3cc(OCCCS(=O)(=O)O)c(N=Nc4c(S(=O)(=O)O)cc5c(S(=O)(=O)O)c(N=Nc6c(C(=O)O)nn(-c7cc(S(=O)(=O)O)cc(S(=O)(=O)O)c7)c6O)ccc5c4O)cc3C)nc2cc1S(=O)(=O)O. The van der Waals surface area contributed by atoms with E-state index in [-0.39, 0.29) is 62.9 Å². The van der Waals surface area contributed by atoms with Crippen LogP contribution in [-0.4, -0.2) is 133 Å². The van der Waals surface area contributed by atoms with Gasteiger partial charge in [-0.25, -0.2) is 9.78 Å². The van der Waals surface area contributed by atoms with Crippen LogP contribution >= 0.6 is 11.3 Å². The number of hydrogen-bond acceptors (Lipinski definition) is 26. The number of hydrogen-bond donors (Lipinski definition) is 9. The van der Waals surface area contributed by atoms with Gasteiger partial charge in [-0.1, -0.05) is 11.3 Å². The molecule has 0 saturated heterocycles. The number of aromatic nitrogens is 3. The van der Waals surface area contributed by atoms with Gasteiger partial charge in [-0.2, -0.15) is 60.3 Å². The number of phenolic OH excluding ortho intramolecular Hbond substituents is 1. The molecule has 7 rings (SSSR count). The minimum Gasteiger partial charge on any atom is -0.505 e. The highest BCUT2D eigenvalue weighted by Gasteiger charge is 2.30. The fraction of sp³-hybridized carbons (Fsp3) is 0.154. The average molecular weight is 1240 g/mol. The van der Waals surface area contributed by atoms with E-state index in [0.717, 1.165) is 23.5 Å². The van der Waals surface area contributed by atoms with Gasteiger partial charge in [-0.3, -0.25) is 27.3 Å². The van der Waals surface area contributed by atoms with Crippen LogP contribution in [0.25, 0.3) is 26.7 Å². The predicted octanol–water partition coefficient (Wildman–Crippen LogP) is 6.59. The zero-order valence-electron chi connectivity index (χ0n) is 39.1. The van der Waals surface area contributed by atoms with Crippen molar-refractivity contribution < 1.29 is 107 Å². The van der Waals surface area contributed by atoms with E-state index >= 15 is 0 Å². The Hall–Kier alpha value is -7.61. The van der Waals surface area contributed by atoms with E-state index in [4.69, 9.17) is 9.47 Å². The molecule has 0 unspecified atom stereocenters. The van der Waals surface area contributed by atoms with Crippen molar-refractivity contribution in [2.75, 3.05) is 19.0 Å². The first-order chi connectivity index (χ1) is 36.5. The molecule has 2 aromatic heterocycles. The second kappa shape index (κ2) is 21.6. The normalized spacial score (nSPS) is 13.2. The molecule has 5 aromatic carbocycles. The molecule has 0 amide bonds. The van der Waals surface area contributed by atoms with Crippen LogP contribution in [-0.2, 0) is 60.7 Å². The van der Waals surface area contributed by atoms with Gasteiger partial charge in [0, 0.05) is 22.9 Å². The molecule has 33 nitrogen and oxygen atoms in total. The molecule has 0 spiro atoms. The number of carboxylic acids is 1. The maximum absolute atomic E-state index is 13.0. The van der Waals surface area contributed by atoms with Crippen molar-refractivity contribution in [1.82, 2.24) is 14.8 Å². The lowest BCUT2D eigenvalue weighted by Crippen LogP contribution is -2.08. The molecular weight excluding hydrogens is 1200 g/mol. The molecule has 0 atom stereocenters. The molecular formula is C39H33N9O24S7. The average Bonchev–Trinajstić information content (AvgIpc) is 4.00. The van der Waals surface area contributed by atoms with Crippen LogP contribution in [0.5, 0.6) is 23.1 Å². The number of carbonyl (C=O) groups is 1. The summed E-state index contributed by atoms with van der Waals surface area (Å²) in [5.41, 5.74) is -5.41. The smallest absolute Gasteiger partial charge is 0.358 e. The van der Waals surface area contributed by atoms with E-state index in [2.05, 4.69) is 40.8 Å². The molecule has 0 radical (unpaired) electrons. The zero-order chi connectivity index (χ0) is 58.5. The molecule has 40 heteroatoms. The highest BCUT2D eigenvalue weighted by atomic mass is 32.2. The standard InChI is InChI=1S/C39H33N9O24S7/c1-3-71-28-16-29-26(15-30(28)77(62,63)64)40-39(73-29)46-42-24-14-27(72-7-4-8-74(53,54)55)25(9-17(24)2)43-44-32-31(78(65,66)67)13-22-21(35(32)49)5-6-23(36(22)79(68,69)70)41-45-33-34(38(51)52)47-48(37(33)50)18-10-19(75(56,57)58)12-20(11-18)76(59,60)61/h5-6,9-16,49-50H,3-4,7-8H2,1-2H3,(H,51,52)(H,53,54,55)(H,56,57,58)(H,59,60,61)(H,62,63,64)(H,65,66,67)(H,68,69,70). The summed E-state index contributed by atoms with van der Waals surface area (Å²) in [7, 11) is -31.1. The summed E-state index contributed by atoms with van der Waals surface area (Å²) >= 11 is 0.931. The number of azo groups is 3. The Labute approximate surface area is 447 Å². The fourth-order valence-electron chi connectivity index (χ4n) is 6.95. The summed E-state index contributed by atoms with van der Waals surface area (Å²) in [6.45, 7) is 2.63. The van der Waals surface area contributed by atoms with Crippen molar-refractivity contribution in [1.29, 1.82) is 0 Å². The second-order valence-electron chi connectivity index (χ2n) is 15.7. The zero-order valence-corrected chi connectivity index (χ0v) is 44.8. The monoisotopic (exact) mass is 1230 g/mol. The Balaban J connectivity index is 1.32. The molecule has 79 heavy (non-hydrogen) atoms. The number of benzene rings is 5. The van der Waals surface area contributed by atoms with Gasteiger partial charge < -0.3 is 24.8 Å². The van der Waals surface area contributed by atoms with Crippen LogP contribution in [0, 0.1) is 6.92 Å². The first-order valence-electron chi connectivity index (χ1n) is 20.9. The molecule has 0 fully saturated rings. The number of aromatic hydroxyl groups is 2. The Bertz CT molecular complexity index is 4470. The van der Waals surface area contributed by atoms with Crippen LogP contribution < -0.4 is 9.47 Å². The van der Waals surface area contributed by atoms with Crippen molar-refractivity contribution in [3.8, 4) is 28.8 Å². The Morgan fingerprint density at radius 1 is 0.633 bits per heavy atom. The lowest BCUT2D eigenvalue weighted by Gasteiger charge is -2.13. The minimum atomic E-state index is -5.68. The van der Waals surface area contributed by atoms with Gasteiger partial charge >= 0.3 is 5.97 Å². The number of fused-ring (bicyclic) bond motifs is 2. The first-order valence-corrected chi connectivity index (χ1v) is 30.5. The number of rotatable bonds is 20. The van der Waals surface area contributed by atoms with Gasteiger partial charge in [0.2, 0.25) is 16.7 Å². The van der Waals surface area contributed by atoms with Gasteiger partial charge in [0.15, 0.2) is 11.4 Å². The van der Waals surface area contributed by atoms with Crippen LogP contribution in [0.3, 0.4) is 0 Å². The van der Waals surface area contributed by atoms with E-state index in [0.29, 0.717) is 29.0 Å². The lowest BCUT2D eigenvalue weighted by atomic mass is 10.1. The Morgan fingerprint density at radius 2 is 1.24 bits per heavy atom. The summed E-state index contributed by atoms with van der Waals surface area (Å²) in [5.74, 6) is -5.91. The number of carboxylic acid groups (broad SMARTS) is 1. The van der Waals surface area contributed by atoms with E-state index in [1.165, 1.54) is 25.1 Å². The molecule has 0 aliphatic rings. The van der Waals surface area contributed by atoms with Crippen LogP contribution in [0.15, 0.2) is 116 Å². The first kappa shape index (κ1) is 59.1. The molecule has 0 bridgehead atoms. The number of aryl methyl sites for hydroxylation is 1. The molecule has 420 valence electrons. The van der Waals surface area contributed by atoms with Crippen LogP contribution in [0.4, 0.5) is 33.6 Å². The predicted molar refractivity (Wildman–Crippen MR) is 268 cm³/mol. The summed E-state index contributed by atoms with van der Waals surface area (Å²) in [6.07, 6.45) is -0.322. The van der Waals surface area contributed by atoms with Crippen molar-refractivity contribution >= 4 is 133 Å². The van der Waals surface area contributed by atoms with E-state index in [1.807, 2.05) is 0 Å². The van der Waals surface area contributed by atoms with Crippen LogP contribution in [0.1, 0.15) is 29.4 Å². The van der Waals surface area contributed by atoms with E-state index in [9.17, 15) is 97.9 Å². The van der Waals surface area contributed by atoms with E-state index < -0.39 is 154 Å². The Kier molecular flexibility index (Phi) is 16.1. The van der Waals surface area contributed by atoms with Crippen molar-refractivity contribution in [3.63, 3.8) is 0 Å². The molecule has 0 saturated carbocycles. The van der Waals surface area contributed by atoms with Gasteiger partial charge in [0.1, 0.15) is 43.2 Å². The van der Waals surface area contributed by atoms with Crippen LogP contribution in [0.2, 0.25) is 0 Å². The summed E-state index contributed by atoms with van der Waals surface area (Å²) in [6, 6.07) is 7.87. The highest BCUT2D eigenvalue weighted by Crippen LogP contribution is 2.47. The molecule has 9 N–H and O–H groups in total. The number of ether oxygens (including phenoxy) is 2. The maximum Gasteiger partial charge on any atom is 0.358 e. The second-order valence-corrected chi connectivity index (χ2v) is 25.3. The van der Waals surface area contributed by atoms with Crippen molar-refractivity contribution in [2.45, 2.75) is 44.7 Å². The van der Waals surface area contributed by atoms with E-state index in [1.54, 1.807) is 6.92 Å². The maximum atomic E-state index is 13.0. The van der Waals surface area contributed by atoms with Gasteiger partial charge in [0.05, 0.1) is 50.3 Å².